The quantitative estimate of drug-likeness (QED) is 0.601. The second kappa shape index (κ2) is 8.94. The highest BCUT2D eigenvalue weighted by Gasteiger charge is 2.61. The summed E-state index contributed by atoms with van der Waals surface area (Å²) in [6.07, 6.45) is 5.30. The first kappa shape index (κ1) is 23.6. The Hall–Kier alpha value is -2.81. The largest absolute Gasteiger partial charge is 0.455 e. The molecule has 9 nitrogen and oxygen atoms in total. The second-order valence-corrected chi connectivity index (χ2v) is 11.6. The fraction of sp³-hybridized carbons (Fsp3) is 0.667. The molecular formula is C27H35N3O6. The molecule has 1 aromatic carbocycles. The van der Waals surface area contributed by atoms with Crippen molar-refractivity contribution < 1.29 is 28.6 Å². The number of esters is 1. The van der Waals surface area contributed by atoms with Crippen molar-refractivity contribution in [2.45, 2.75) is 57.5 Å². The molecule has 7 rings (SSSR count). The maximum absolute atomic E-state index is 13.3. The molecule has 0 radical (unpaired) electrons. The second-order valence-electron chi connectivity index (χ2n) is 11.6. The number of amides is 2. The molecule has 2 heterocycles. The van der Waals surface area contributed by atoms with E-state index in [1.807, 2.05) is 18.2 Å². The van der Waals surface area contributed by atoms with Crippen molar-refractivity contribution in [3.8, 4) is 11.5 Å². The van der Waals surface area contributed by atoms with E-state index in [1.165, 1.54) is 0 Å². The van der Waals surface area contributed by atoms with Crippen LogP contribution in [0.25, 0.3) is 0 Å². The Bertz CT molecular complexity index is 1050. The van der Waals surface area contributed by atoms with Gasteiger partial charge in [0.15, 0.2) is 18.1 Å². The van der Waals surface area contributed by atoms with Gasteiger partial charge in [-0.15, -0.1) is 0 Å². The van der Waals surface area contributed by atoms with Gasteiger partial charge in [-0.05, 0) is 68.1 Å². The molecule has 1 N–H and O–H groups in total. The van der Waals surface area contributed by atoms with Gasteiger partial charge in [-0.25, -0.2) is 0 Å². The van der Waals surface area contributed by atoms with Gasteiger partial charge in [0, 0.05) is 45.2 Å². The number of nitrogens with zero attached hydrogens (tertiary/aromatic N) is 2. The zero-order chi connectivity index (χ0) is 24.9. The molecule has 4 saturated carbocycles. The molecule has 0 spiro atoms. The lowest BCUT2D eigenvalue weighted by molar-refractivity contribution is -0.178. The van der Waals surface area contributed by atoms with Gasteiger partial charge >= 0.3 is 5.97 Å². The monoisotopic (exact) mass is 497 g/mol. The molecule has 4 bridgehead atoms. The van der Waals surface area contributed by atoms with Crippen LogP contribution >= 0.6 is 0 Å². The Kier molecular flexibility index (Phi) is 5.85. The van der Waals surface area contributed by atoms with Gasteiger partial charge in [-0.1, -0.05) is 6.07 Å². The van der Waals surface area contributed by atoms with Crippen molar-refractivity contribution in [3.63, 3.8) is 0 Å². The number of nitrogens with one attached hydrogen (secondary N) is 1. The maximum atomic E-state index is 13.3. The van der Waals surface area contributed by atoms with Crippen LogP contribution in [0.3, 0.4) is 0 Å². The van der Waals surface area contributed by atoms with E-state index in [-0.39, 0.29) is 36.7 Å². The smallest absolute Gasteiger partial charge is 0.312 e. The number of carbonyl (C=O) groups excluding carboxylic acids is 3. The number of rotatable bonds is 6. The van der Waals surface area contributed by atoms with E-state index in [1.54, 1.807) is 11.8 Å². The Morgan fingerprint density at radius 2 is 1.75 bits per heavy atom. The van der Waals surface area contributed by atoms with Crippen LogP contribution in [0.4, 0.5) is 0 Å². The van der Waals surface area contributed by atoms with Gasteiger partial charge in [0.1, 0.15) is 0 Å². The maximum Gasteiger partial charge on any atom is 0.312 e. The van der Waals surface area contributed by atoms with Crippen molar-refractivity contribution in [2.75, 3.05) is 39.6 Å². The number of piperazine rings is 1. The summed E-state index contributed by atoms with van der Waals surface area (Å²) in [5.74, 6) is 2.04. The van der Waals surface area contributed by atoms with Gasteiger partial charge < -0.3 is 24.4 Å². The lowest BCUT2D eigenvalue weighted by atomic mass is 9.47. The Morgan fingerprint density at radius 3 is 2.47 bits per heavy atom. The average molecular weight is 498 g/mol. The van der Waals surface area contributed by atoms with Gasteiger partial charge in [0.2, 0.25) is 12.7 Å². The molecule has 2 atom stereocenters. The van der Waals surface area contributed by atoms with Crippen molar-refractivity contribution >= 4 is 17.8 Å². The highest BCUT2D eigenvalue weighted by molar-refractivity contribution is 5.83. The molecule has 2 amide bonds. The lowest BCUT2D eigenvalue weighted by Gasteiger charge is -2.60. The molecule has 0 aromatic heterocycles. The van der Waals surface area contributed by atoms with Crippen LogP contribution in [0.2, 0.25) is 0 Å². The molecule has 4 aliphatic carbocycles. The summed E-state index contributed by atoms with van der Waals surface area (Å²) in [6, 6.07) is 6.00. The molecule has 1 aromatic rings. The number of hydrogen-bond acceptors (Lipinski definition) is 7. The van der Waals surface area contributed by atoms with E-state index in [4.69, 9.17) is 14.2 Å². The minimum Gasteiger partial charge on any atom is -0.455 e. The fourth-order valence-electron chi connectivity index (χ4n) is 7.85. The molecule has 1 saturated heterocycles. The summed E-state index contributed by atoms with van der Waals surface area (Å²) in [5, 5.41) is 3.18. The van der Waals surface area contributed by atoms with Crippen LogP contribution < -0.4 is 14.8 Å². The summed E-state index contributed by atoms with van der Waals surface area (Å²) in [7, 11) is 0. The topological polar surface area (TPSA) is 97.4 Å². The van der Waals surface area contributed by atoms with Gasteiger partial charge in [-0.2, -0.15) is 0 Å². The van der Waals surface area contributed by atoms with Crippen molar-refractivity contribution in [2.24, 2.45) is 17.3 Å². The minimum atomic E-state index is -0.559. The van der Waals surface area contributed by atoms with Crippen LogP contribution in [0.1, 0.15) is 51.0 Å². The highest BCUT2D eigenvalue weighted by atomic mass is 16.7. The van der Waals surface area contributed by atoms with Gasteiger partial charge in [0.25, 0.3) is 5.91 Å². The van der Waals surface area contributed by atoms with Crippen LogP contribution in [-0.2, 0) is 25.7 Å². The normalized spacial score (nSPS) is 32.4. The number of fused-ring (bicyclic) bond motifs is 1. The lowest BCUT2D eigenvalue weighted by Crippen LogP contribution is -2.64. The van der Waals surface area contributed by atoms with Crippen molar-refractivity contribution in [1.29, 1.82) is 0 Å². The first-order chi connectivity index (χ1) is 17.3. The number of benzene rings is 1. The number of carbonyl (C=O) groups is 3. The van der Waals surface area contributed by atoms with Crippen LogP contribution in [0.15, 0.2) is 18.2 Å². The average Bonchev–Trinajstić information content (AvgIpc) is 3.29. The standard InChI is InChI=1S/C27H35N3O6/c1-18(31)28-27-12-20-8-21(13-27)11-26(10-20,16-27)25(33)34-15-24(32)30-6-4-29(5-7-30)14-19-2-3-22-23(9-19)36-17-35-22/h2-3,9,20-21H,4-8,10-17H2,1H3,(H,28,31). The summed E-state index contributed by atoms with van der Waals surface area (Å²) in [5.41, 5.74) is 0.309. The van der Waals surface area contributed by atoms with Crippen LogP contribution in [-0.4, -0.2) is 72.7 Å². The molecule has 194 valence electrons. The molecule has 6 aliphatic rings. The van der Waals surface area contributed by atoms with Crippen LogP contribution in [0.5, 0.6) is 11.5 Å². The van der Waals surface area contributed by atoms with E-state index in [0.29, 0.717) is 31.3 Å². The highest BCUT2D eigenvalue weighted by Crippen LogP contribution is 2.62. The molecule has 5 fully saturated rings. The summed E-state index contributed by atoms with van der Waals surface area (Å²) >= 11 is 0. The summed E-state index contributed by atoms with van der Waals surface area (Å²) in [4.78, 5) is 42.2. The third-order valence-corrected chi connectivity index (χ3v) is 8.83. The van der Waals surface area contributed by atoms with E-state index < -0.39 is 5.41 Å². The van der Waals surface area contributed by atoms with E-state index in [0.717, 1.165) is 68.8 Å². The van der Waals surface area contributed by atoms with Gasteiger partial charge in [0.05, 0.1) is 5.41 Å². The summed E-state index contributed by atoms with van der Waals surface area (Å²) < 4.78 is 16.5. The zero-order valence-electron chi connectivity index (χ0n) is 20.9. The predicted octanol–water partition coefficient (Wildman–Crippen LogP) is 2.08. The molecule has 2 unspecified atom stereocenters. The molecule has 2 aliphatic heterocycles. The first-order valence-electron chi connectivity index (χ1n) is 13.2. The molecule has 9 heteroatoms. The third-order valence-electron chi connectivity index (χ3n) is 8.83. The SMILES string of the molecule is CC(=O)NC12CC3CC(C1)CC(C(=O)OCC(=O)N1CCN(Cc4ccc5c(c4)OCO5)CC1)(C3)C2. The van der Waals surface area contributed by atoms with E-state index >= 15 is 0 Å². The third kappa shape index (κ3) is 4.42. The van der Waals surface area contributed by atoms with Gasteiger partial charge in [-0.3, -0.25) is 19.3 Å². The van der Waals surface area contributed by atoms with E-state index in [9.17, 15) is 14.4 Å². The first-order valence-corrected chi connectivity index (χ1v) is 13.2. The number of hydrogen-bond donors (Lipinski definition) is 1. The van der Waals surface area contributed by atoms with E-state index in [2.05, 4.69) is 10.2 Å². The molecular weight excluding hydrogens is 462 g/mol. The summed E-state index contributed by atoms with van der Waals surface area (Å²) in [6.45, 7) is 5.16. The Labute approximate surface area is 211 Å². The molecule has 36 heavy (non-hydrogen) atoms. The Balaban J connectivity index is 1.00. The predicted molar refractivity (Wildman–Crippen MR) is 129 cm³/mol. The Morgan fingerprint density at radius 1 is 1.03 bits per heavy atom. The van der Waals surface area contributed by atoms with Crippen molar-refractivity contribution in [3.05, 3.63) is 23.8 Å². The van der Waals surface area contributed by atoms with Crippen molar-refractivity contribution in [1.82, 2.24) is 15.1 Å². The fourth-order valence-corrected chi connectivity index (χ4v) is 7.85. The van der Waals surface area contributed by atoms with Crippen LogP contribution in [0, 0.1) is 17.3 Å². The minimum absolute atomic E-state index is 0.0340. The number of ether oxygens (including phenoxy) is 3. The zero-order valence-corrected chi connectivity index (χ0v) is 20.9.